The third kappa shape index (κ3) is 3.23. The van der Waals surface area contributed by atoms with E-state index in [0.29, 0.717) is 11.1 Å². The molecule has 0 heterocycles. The third-order valence-electron chi connectivity index (χ3n) is 2.76. The van der Waals surface area contributed by atoms with Gasteiger partial charge in [-0.15, -0.1) is 0 Å². The molecule has 0 saturated heterocycles. The van der Waals surface area contributed by atoms with Gasteiger partial charge in [-0.2, -0.15) is 0 Å². The number of phenols is 1. The van der Waals surface area contributed by atoms with Crippen LogP contribution in [0.4, 0.5) is 0 Å². The van der Waals surface area contributed by atoms with E-state index in [2.05, 4.69) is 4.74 Å². The standard InChI is InChI=1S/C13H17NO4/c1-9-10(5-4-6-11(9)15)13(17)14(2)8-7-12(16)18-3/h4-6,15H,7-8H2,1-3H3. The number of ether oxygens (including phenoxy) is 1. The van der Waals surface area contributed by atoms with Crippen molar-refractivity contribution in [3.05, 3.63) is 29.3 Å². The van der Waals surface area contributed by atoms with Crippen LogP contribution in [0.3, 0.4) is 0 Å². The van der Waals surface area contributed by atoms with E-state index in [1.165, 1.54) is 18.1 Å². The van der Waals surface area contributed by atoms with Crippen molar-refractivity contribution in [2.45, 2.75) is 13.3 Å². The van der Waals surface area contributed by atoms with E-state index in [0.717, 1.165) is 0 Å². The van der Waals surface area contributed by atoms with Gasteiger partial charge in [0.1, 0.15) is 5.75 Å². The highest BCUT2D eigenvalue weighted by Crippen LogP contribution is 2.20. The van der Waals surface area contributed by atoms with Gasteiger partial charge in [0.2, 0.25) is 0 Å². The lowest BCUT2D eigenvalue weighted by molar-refractivity contribution is -0.140. The molecule has 0 fully saturated rings. The Morgan fingerprint density at radius 2 is 2.06 bits per heavy atom. The van der Waals surface area contributed by atoms with Crippen molar-refractivity contribution in [3.8, 4) is 5.75 Å². The molecule has 0 radical (unpaired) electrons. The molecule has 0 saturated carbocycles. The molecule has 1 N–H and O–H groups in total. The number of carbonyl (C=O) groups is 2. The van der Waals surface area contributed by atoms with E-state index in [-0.39, 0.29) is 30.6 Å². The molecule has 0 aromatic heterocycles. The van der Waals surface area contributed by atoms with Crippen LogP contribution in [0.5, 0.6) is 5.75 Å². The molecular weight excluding hydrogens is 234 g/mol. The predicted octanol–water partition coefficient (Wildman–Crippen LogP) is 1.34. The summed E-state index contributed by atoms with van der Waals surface area (Å²) in [7, 11) is 2.91. The Bertz CT molecular complexity index is 456. The summed E-state index contributed by atoms with van der Waals surface area (Å²) >= 11 is 0. The van der Waals surface area contributed by atoms with E-state index in [9.17, 15) is 14.7 Å². The topological polar surface area (TPSA) is 66.8 Å². The lowest BCUT2D eigenvalue weighted by Crippen LogP contribution is -2.29. The molecule has 18 heavy (non-hydrogen) atoms. The van der Waals surface area contributed by atoms with E-state index in [1.54, 1.807) is 26.1 Å². The number of esters is 1. The van der Waals surface area contributed by atoms with Crippen molar-refractivity contribution in [1.29, 1.82) is 0 Å². The van der Waals surface area contributed by atoms with Gasteiger partial charge in [0.05, 0.1) is 13.5 Å². The maximum Gasteiger partial charge on any atom is 0.307 e. The number of methoxy groups -OCH3 is 1. The molecule has 1 aromatic rings. The minimum Gasteiger partial charge on any atom is -0.508 e. The van der Waals surface area contributed by atoms with Crippen molar-refractivity contribution in [1.82, 2.24) is 4.90 Å². The zero-order valence-corrected chi connectivity index (χ0v) is 10.8. The molecule has 5 nitrogen and oxygen atoms in total. The summed E-state index contributed by atoms with van der Waals surface area (Å²) in [5, 5.41) is 9.54. The summed E-state index contributed by atoms with van der Waals surface area (Å²) in [4.78, 5) is 24.5. The molecule has 1 amide bonds. The van der Waals surface area contributed by atoms with Crippen LogP contribution in [0, 0.1) is 6.92 Å². The molecule has 98 valence electrons. The highest BCUT2D eigenvalue weighted by molar-refractivity contribution is 5.96. The second kappa shape index (κ2) is 6.05. The van der Waals surface area contributed by atoms with Gasteiger partial charge in [0, 0.05) is 24.7 Å². The Kier molecular flexibility index (Phi) is 4.71. The smallest absolute Gasteiger partial charge is 0.307 e. The van der Waals surface area contributed by atoms with Gasteiger partial charge < -0.3 is 14.7 Å². The quantitative estimate of drug-likeness (QED) is 0.820. The minimum absolute atomic E-state index is 0.0854. The van der Waals surface area contributed by atoms with Crippen LogP contribution in [-0.2, 0) is 9.53 Å². The molecule has 0 aliphatic carbocycles. The fraction of sp³-hybridized carbons (Fsp3) is 0.385. The minimum atomic E-state index is -0.359. The normalized spacial score (nSPS) is 9.94. The number of hydrogen-bond acceptors (Lipinski definition) is 4. The van der Waals surface area contributed by atoms with E-state index >= 15 is 0 Å². The highest BCUT2D eigenvalue weighted by atomic mass is 16.5. The highest BCUT2D eigenvalue weighted by Gasteiger charge is 2.16. The Morgan fingerprint density at radius 3 is 2.67 bits per heavy atom. The third-order valence-corrected chi connectivity index (χ3v) is 2.76. The van der Waals surface area contributed by atoms with Gasteiger partial charge in [-0.1, -0.05) is 6.07 Å². The second-order valence-corrected chi connectivity index (χ2v) is 4.00. The van der Waals surface area contributed by atoms with Crippen molar-refractivity contribution in [3.63, 3.8) is 0 Å². The first-order valence-electron chi connectivity index (χ1n) is 5.58. The number of amides is 1. The Labute approximate surface area is 106 Å². The van der Waals surface area contributed by atoms with Crippen LogP contribution in [0.15, 0.2) is 18.2 Å². The maximum absolute atomic E-state index is 12.1. The SMILES string of the molecule is COC(=O)CCN(C)C(=O)c1cccc(O)c1C. The number of benzene rings is 1. The largest absolute Gasteiger partial charge is 0.508 e. The molecule has 0 bridgehead atoms. The summed E-state index contributed by atoms with van der Waals surface area (Å²) in [5.74, 6) is -0.503. The van der Waals surface area contributed by atoms with Crippen molar-refractivity contribution >= 4 is 11.9 Å². The first-order chi connectivity index (χ1) is 8.47. The van der Waals surface area contributed by atoms with E-state index in [4.69, 9.17) is 0 Å². The molecule has 1 aromatic carbocycles. The van der Waals surface area contributed by atoms with Crippen molar-refractivity contribution < 1.29 is 19.4 Å². The molecule has 0 aliphatic heterocycles. The molecule has 0 unspecified atom stereocenters. The molecule has 1 rings (SSSR count). The maximum atomic E-state index is 12.1. The number of nitrogens with zero attached hydrogens (tertiary/aromatic N) is 1. The lowest BCUT2D eigenvalue weighted by Gasteiger charge is -2.18. The number of carbonyl (C=O) groups excluding carboxylic acids is 2. The van der Waals surface area contributed by atoms with Gasteiger partial charge >= 0.3 is 5.97 Å². The summed E-state index contributed by atoms with van der Waals surface area (Å²) in [6.07, 6.45) is 0.149. The number of rotatable bonds is 4. The lowest BCUT2D eigenvalue weighted by atomic mass is 10.1. The van der Waals surface area contributed by atoms with Crippen molar-refractivity contribution in [2.24, 2.45) is 0 Å². The Hall–Kier alpha value is -2.04. The number of phenolic OH excluding ortho intramolecular Hbond substituents is 1. The molecule has 0 spiro atoms. The predicted molar refractivity (Wildman–Crippen MR) is 66.4 cm³/mol. The van der Waals surface area contributed by atoms with Gasteiger partial charge in [-0.25, -0.2) is 0 Å². The first-order valence-corrected chi connectivity index (χ1v) is 5.58. The van der Waals surface area contributed by atoms with Crippen LogP contribution in [0.25, 0.3) is 0 Å². The Morgan fingerprint density at radius 1 is 1.39 bits per heavy atom. The molecule has 5 heteroatoms. The average Bonchev–Trinajstić information content (AvgIpc) is 2.37. The van der Waals surface area contributed by atoms with Gasteiger partial charge in [0.25, 0.3) is 5.91 Å². The number of aromatic hydroxyl groups is 1. The van der Waals surface area contributed by atoms with Crippen LogP contribution in [-0.4, -0.2) is 42.6 Å². The monoisotopic (exact) mass is 251 g/mol. The van der Waals surface area contributed by atoms with Gasteiger partial charge in [-0.3, -0.25) is 9.59 Å². The summed E-state index contributed by atoms with van der Waals surface area (Å²) < 4.78 is 4.51. The summed E-state index contributed by atoms with van der Waals surface area (Å²) in [6.45, 7) is 1.96. The van der Waals surface area contributed by atoms with E-state index < -0.39 is 0 Å². The average molecular weight is 251 g/mol. The van der Waals surface area contributed by atoms with Crippen LogP contribution >= 0.6 is 0 Å². The summed E-state index contributed by atoms with van der Waals surface area (Å²) in [5.41, 5.74) is 0.967. The molecule has 0 aliphatic rings. The zero-order chi connectivity index (χ0) is 13.7. The van der Waals surface area contributed by atoms with Crippen molar-refractivity contribution in [2.75, 3.05) is 20.7 Å². The molecular formula is C13H17NO4. The number of hydrogen-bond donors (Lipinski definition) is 1. The Balaban J connectivity index is 2.74. The fourth-order valence-corrected chi connectivity index (χ4v) is 1.52. The molecule has 0 atom stereocenters. The van der Waals surface area contributed by atoms with Crippen LogP contribution in [0.2, 0.25) is 0 Å². The fourth-order valence-electron chi connectivity index (χ4n) is 1.52. The van der Waals surface area contributed by atoms with Gasteiger partial charge in [-0.05, 0) is 19.1 Å². The van der Waals surface area contributed by atoms with Crippen LogP contribution < -0.4 is 0 Å². The second-order valence-electron chi connectivity index (χ2n) is 4.00. The zero-order valence-electron chi connectivity index (χ0n) is 10.8. The summed E-state index contributed by atoms with van der Waals surface area (Å²) in [6, 6.07) is 4.79. The van der Waals surface area contributed by atoms with E-state index in [1.807, 2.05) is 0 Å². The van der Waals surface area contributed by atoms with Gasteiger partial charge in [0.15, 0.2) is 0 Å². The first kappa shape index (κ1) is 14.0. The van der Waals surface area contributed by atoms with Crippen LogP contribution in [0.1, 0.15) is 22.3 Å².